The second kappa shape index (κ2) is 6.29. The number of aromatic nitrogens is 4. The first kappa shape index (κ1) is 16.3. The molecule has 0 spiro atoms. The summed E-state index contributed by atoms with van der Waals surface area (Å²) in [6, 6.07) is 2.47. The van der Waals surface area contributed by atoms with Gasteiger partial charge in [-0.05, 0) is 32.3 Å². The van der Waals surface area contributed by atoms with E-state index in [0.29, 0.717) is 6.04 Å². The van der Waals surface area contributed by atoms with Crippen molar-refractivity contribution in [3.05, 3.63) is 35.2 Å². The topological polar surface area (TPSA) is 68.0 Å². The Hall–Kier alpha value is -2.15. The van der Waals surface area contributed by atoms with Gasteiger partial charge in [-0.1, -0.05) is 0 Å². The first-order valence-corrected chi connectivity index (χ1v) is 9.03. The van der Waals surface area contributed by atoms with Crippen molar-refractivity contribution in [1.82, 2.24) is 29.5 Å². The average molecular weight is 342 g/mol. The third-order valence-corrected chi connectivity index (χ3v) is 5.46. The molecule has 134 valence electrons. The number of carbonyl (C=O) groups excluding carboxylic acids is 1. The number of nitrogens with zero attached hydrogens (tertiary/aromatic N) is 5. The molecule has 0 aromatic carbocycles. The number of fused-ring (bicyclic) bond motifs is 1. The molecule has 0 saturated heterocycles. The van der Waals surface area contributed by atoms with Crippen LogP contribution >= 0.6 is 0 Å². The van der Waals surface area contributed by atoms with Gasteiger partial charge in [0, 0.05) is 39.8 Å². The molecule has 1 atom stereocenters. The van der Waals surface area contributed by atoms with Gasteiger partial charge in [0.2, 0.25) is 5.91 Å². The molecule has 7 heteroatoms. The van der Waals surface area contributed by atoms with Gasteiger partial charge in [-0.3, -0.25) is 14.4 Å². The van der Waals surface area contributed by atoms with E-state index in [1.165, 1.54) is 6.42 Å². The molecule has 2 aliphatic rings. The second-order valence-electron chi connectivity index (χ2n) is 7.45. The molecule has 0 unspecified atom stereocenters. The van der Waals surface area contributed by atoms with E-state index in [9.17, 15) is 4.79 Å². The largest absolute Gasteiger partial charge is 0.353 e. The van der Waals surface area contributed by atoms with Crippen molar-refractivity contribution < 1.29 is 4.79 Å². The van der Waals surface area contributed by atoms with E-state index in [1.807, 2.05) is 36.6 Å². The number of imidazole rings is 1. The molecule has 3 heterocycles. The van der Waals surface area contributed by atoms with Crippen LogP contribution in [0.5, 0.6) is 0 Å². The summed E-state index contributed by atoms with van der Waals surface area (Å²) >= 11 is 0. The van der Waals surface area contributed by atoms with Crippen LogP contribution in [0.1, 0.15) is 48.0 Å². The van der Waals surface area contributed by atoms with Crippen LogP contribution < -0.4 is 5.32 Å². The number of amides is 1. The number of nitrogens with one attached hydrogen (secondary N) is 1. The van der Waals surface area contributed by atoms with Gasteiger partial charge in [-0.15, -0.1) is 0 Å². The standard InChI is InChI=1S/C18H26N6O/c1-12-7-14(23(3)21-12)8-24-9-15(18(25)20-13-5-4-6-13)17-16(10-24)19-11-22(17)2/h7,11,13,15H,4-6,8-10H2,1-3H3,(H,20,25)/t15-/m1/s1. The van der Waals surface area contributed by atoms with E-state index < -0.39 is 0 Å². The Morgan fingerprint density at radius 2 is 2.16 bits per heavy atom. The van der Waals surface area contributed by atoms with Crippen LogP contribution in [0.4, 0.5) is 0 Å². The molecule has 25 heavy (non-hydrogen) atoms. The quantitative estimate of drug-likeness (QED) is 0.907. The maximum Gasteiger partial charge on any atom is 0.230 e. The molecule has 2 aromatic rings. The van der Waals surface area contributed by atoms with Crippen molar-refractivity contribution in [2.24, 2.45) is 14.1 Å². The molecule has 0 bridgehead atoms. The smallest absolute Gasteiger partial charge is 0.230 e. The summed E-state index contributed by atoms with van der Waals surface area (Å²) in [6.07, 6.45) is 5.26. The molecule has 1 aliphatic carbocycles. The van der Waals surface area contributed by atoms with E-state index in [4.69, 9.17) is 0 Å². The highest BCUT2D eigenvalue weighted by atomic mass is 16.2. The summed E-state index contributed by atoms with van der Waals surface area (Å²) in [5, 5.41) is 7.65. The zero-order valence-corrected chi connectivity index (χ0v) is 15.2. The Bertz CT molecular complexity index is 788. The van der Waals surface area contributed by atoms with Gasteiger partial charge < -0.3 is 9.88 Å². The number of rotatable bonds is 4. The van der Waals surface area contributed by atoms with Crippen LogP contribution in [0, 0.1) is 6.92 Å². The van der Waals surface area contributed by atoms with Crippen molar-refractivity contribution in [2.45, 2.75) is 51.2 Å². The molecular formula is C18H26N6O. The molecule has 2 aromatic heterocycles. The molecule has 0 radical (unpaired) electrons. The summed E-state index contributed by atoms with van der Waals surface area (Å²) in [4.78, 5) is 19.7. The Balaban J connectivity index is 1.55. The van der Waals surface area contributed by atoms with Crippen molar-refractivity contribution >= 4 is 5.91 Å². The zero-order valence-electron chi connectivity index (χ0n) is 15.2. The van der Waals surface area contributed by atoms with E-state index in [1.54, 1.807) is 0 Å². The Kier molecular flexibility index (Phi) is 4.11. The van der Waals surface area contributed by atoms with Gasteiger partial charge in [0.05, 0.1) is 35.0 Å². The maximum atomic E-state index is 12.9. The Morgan fingerprint density at radius 3 is 2.80 bits per heavy atom. The van der Waals surface area contributed by atoms with E-state index in [0.717, 1.165) is 55.3 Å². The molecule has 1 amide bonds. The first-order chi connectivity index (χ1) is 12.0. The highest BCUT2D eigenvalue weighted by Crippen LogP contribution is 2.29. The number of hydrogen-bond donors (Lipinski definition) is 1. The molecule has 7 nitrogen and oxygen atoms in total. The third-order valence-electron chi connectivity index (χ3n) is 5.46. The van der Waals surface area contributed by atoms with Crippen LogP contribution in [0.3, 0.4) is 0 Å². The van der Waals surface area contributed by atoms with Gasteiger partial charge in [-0.2, -0.15) is 5.10 Å². The summed E-state index contributed by atoms with van der Waals surface area (Å²) in [5.74, 6) is -0.0217. The van der Waals surface area contributed by atoms with Gasteiger partial charge in [0.1, 0.15) is 0 Å². The second-order valence-corrected chi connectivity index (χ2v) is 7.45. The fourth-order valence-corrected chi connectivity index (χ4v) is 3.90. The lowest BCUT2D eigenvalue weighted by Crippen LogP contribution is -2.46. The predicted octanol–water partition coefficient (Wildman–Crippen LogP) is 1.23. The summed E-state index contributed by atoms with van der Waals surface area (Å²) in [6.45, 7) is 4.27. The molecule has 4 rings (SSSR count). The van der Waals surface area contributed by atoms with E-state index >= 15 is 0 Å². The van der Waals surface area contributed by atoms with Gasteiger partial charge in [-0.25, -0.2) is 4.98 Å². The fraction of sp³-hybridized carbons (Fsp3) is 0.611. The SMILES string of the molecule is Cc1cc(CN2Cc3ncn(C)c3[C@H](C(=O)NC3CCC3)C2)n(C)n1. The molecule has 1 N–H and O–H groups in total. The lowest BCUT2D eigenvalue weighted by atomic mass is 9.91. The number of hydrogen-bond acceptors (Lipinski definition) is 4. The lowest BCUT2D eigenvalue weighted by Gasteiger charge is -2.34. The van der Waals surface area contributed by atoms with Gasteiger partial charge in [0.15, 0.2) is 0 Å². The first-order valence-electron chi connectivity index (χ1n) is 9.03. The molecule has 1 aliphatic heterocycles. The van der Waals surface area contributed by atoms with E-state index in [2.05, 4.69) is 26.4 Å². The lowest BCUT2D eigenvalue weighted by molar-refractivity contribution is -0.124. The molecular weight excluding hydrogens is 316 g/mol. The van der Waals surface area contributed by atoms with Crippen LogP contribution in [0.25, 0.3) is 0 Å². The predicted molar refractivity (Wildman–Crippen MR) is 93.8 cm³/mol. The minimum Gasteiger partial charge on any atom is -0.353 e. The molecule has 1 fully saturated rings. The Labute approximate surface area is 148 Å². The van der Waals surface area contributed by atoms with Crippen molar-refractivity contribution in [3.8, 4) is 0 Å². The summed E-state index contributed by atoms with van der Waals surface area (Å²) in [7, 11) is 3.95. The van der Waals surface area contributed by atoms with Crippen LogP contribution in [0.15, 0.2) is 12.4 Å². The Morgan fingerprint density at radius 1 is 1.36 bits per heavy atom. The highest BCUT2D eigenvalue weighted by Gasteiger charge is 2.35. The van der Waals surface area contributed by atoms with Crippen LogP contribution in [-0.2, 0) is 32.0 Å². The van der Waals surface area contributed by atoms with Gasteiger partial charge >= 0.3 is 0 Å². The average Bonchev–Trinajstić information content (AvgIpc) is 3.05. The van der Waals surface area contributed by atoms with Crippen molar-refractivity contribution in [1.29, 1.82) is 0 Å². The summed E-state index contributed by atoms with van der Waals surface area (Å²) < 4.78 is 3.93. The fourth-order valence-electron chi connectivity index (χ4n) is 3.90. The van der Waals surface area contributed by atoms with Gasteiger partial charge in [0.25, 0.3) is 0 Å². The third kappa shape index (κ3) is 3.08. The number of carbonyl (C=O) groups is 1. The maximum absolute atomic E-state index is 12.9. The van der Waals surface area contributed by atoms with E-state index in [-0.39, 0.29) is 11.8 Å². The van der Waals surface area contributed by atoms with Crippen molar-refractivity contribution in [2.75, 3.05) is 6.54 Å². The van der Waals surface area contributed by atoms with Crippen LogP contribution in [-0.4, -0.2) is 42.7 Å². The minimum absolute atomic E-state index is 0.139. The van der Waals surface area contributed by atoms with Crippen molar-refractivity contribution in [3.63, 3.8) is 0 Å². The normalized spacial score (nSPS) is 21.0. The highest BCUT2D eigenvalue weighted by molar-refractivity contribution is 5.84. The molecule has 1 saturated carbocycles. The minimum atomic E-state index is -0.161. The number of aryl methyl sites for hydroxylation is 3. The zero-order chi connectivity index (χ0) is 17.6. The monoisotopic (exact) mass is 342 g/mol. The summed E-state index contributed by atoms with van der Waals surface area (Å²) in [5.41, 5.74) is 4.26. The van der Waals surface area contributed by atoms with Crippen LogP contribution in [0.2, 0.25) is 0 Å².